The Labute approximate surface area is 115 Å². The van der Waals surface area contributed by atoms with Crippen LogP contribution in [0.25, 0.3) is 0 Å². The summed E-state index contributed by atoms with van der Waals surface area (Å²) in [4.78, 5) is 0. The third-order valence-corrected chi connectivity index (χ3v) is 7.40. The predicted octanol–water partition coefficient (Wildman–Crippen LogP) is 3.54. The minimum atomic E-state index is -2.08. The van der Waals surface area contributed by atoms with Crippen LogP contribution in [0.3, 0.4) is 0 Å². The smallest absolute Gasteiger partial charge is 0.155 e. The summed E-state index contributed by atoms with van der Waals surface area (Å²) >= 11 is 6.94. The molecule has 94 valence electrons. The van der Waals surface area contributed by atoms with Gasteiger partial charge in [-0.05, 0) is 37.7 Å². The van der Waals surface area contributed by atoms with Gasteiger partial charge in [0.2, 0.25) is 7.38 Å². The van der Waals surface area contributed by atoms with Crippen molar-refractivity contribution >= 4 is 28.8 Å². The molecule has 0 aliphatic carbocycles. The maximum absolute atomic E-state index is 6.94. The lowest BCUT2D eigenvalue weighted by molar-refractivity contribution is 1.40. The van der Waals surface area contributed by atoms with Crippen LogP contribution in [0, 0.1) is 20.8 Å². The van der Waals surface area contributed by atoms with Crippen LogP contribution in [0.4, 0.5) is 0 Å². The SMILES string of the molecule is Cc1cccc([Si](C)(Cl)c2cc(C)cc(C)c2)c1. The molecule has 0 aromatic heterocycles. The van der Waals surface area contributed by atoms with Gasteiger partial charge in [-0.2, -0.15) is 11.1 Å². The minimum Gasteiger partial charge on any atom is -0.155 e. The summed E-state index contributed by atoms with van der Waals surface area (Å²) in [6.45, 7) is 8.59. The van der Waals surface area contributed by atoms with Gasteiger partial charge in [0.05, 0.1) is 0 Å². The van der Waals surface area contributed by atoms with E-state index in [1.54, 1.807) is 0 Å². The van der Waals surface area contributed by atoms with Crippen molar-refractivity contribution in [2.24, 2.45) is 0 Å². The van der Waals surface area contributed by atoms with Crippen LogP contribution in [0.15, 0.2) is 42.5 Å². The average molecular weight is 275 g/mol. The molecule has 0 spiro atoms. The Morgan fingerprint density at radius 2 is 1.33 bits per heavy atom. The third kappa shape index (κ3) is 2.68. The zero-order valence-electron chi connectivity index (χ0n) is 11.4. The summed E-state index contributed by atoms with van der Waals surface area (Å²) in [6, 6.07) is 15.2. The van der Waals surface area contributed by atoms with Crippen LogP contribution in [-0.2, 0) is 0 Å². The fraction of sp³-hybridized carbons (Fsp3) is 0.250. The van der Waals surface area contributed by atoms with E-state index >= 15 is 0 Å². The van der Waals surface area contributed by atoms with Crippen molar-refractivity contribution in [3.63, 3.8) is 0 Å². The Bertz CT molecular complexity index is 553. The molecule has 0 heterocycles. The molecule has 18 heavy (non-hydrogen) atoms. The summed E-state index contributed by atoms with van der Waals surface area (Å²) in [5, 5.41) is 2.58. The molecule has 2 heteroatoms. The first kappa shape index (κ1) is 13.4. The van der Waals surface area contributed by atoms with Crippen molar-refractivity contribution < 1.29 is 0 Å². The van der Waals surface area contributed by atoms with E-state index in [2.05, 4.69) is 69.8 Å². The molecule has 0 N–H and O–H groups in total. The maximum atomic E-state index is 6.94. The van der Waals surface area contributed by atoms with E-state index in [9.17, 15) is 0 Å². The zero-order valence-corrected chi connectivity index (χ0v) is 13.2. The van der Waals surface area contributed by atoms with Crippen LogP contribution >= 0.6 is 11.1 Å². The molecule has 2 aromatic rings. The van der Waals surface area contributed by atoms with E-state index < -0.39 is 7.38 Å². The summed E-state index contributed by atoms with van der Waals surface area (Å²) in [7, 11) is -2.08. The molecule has 0 saturated heterocycles. The monoisotopic (exact) mass is 274 g/mol. The van der Waals surface area contributed by atoms with Gasteiger partial charge >= 0.3 is 0 Å². The standard InChI is InChI=1S/C16H19ClSi/c1-12-6-5-7-15(9-12)18(4,17)16-10-13(2)8-14(3)11-16/h5-11H,1-4H3. The topological polar surface area (TPSA) is 0 Å². The number of rotatable bonds is 2. The van der Waals surface area contributed by atoms with Crippen LogP contribution in [0.2, 0.25) is 6.55 Å². The summed E-state index contributed by atoms with van der Waals surface area (Å²) in [5.41, 5.74) is 3.85. The van der Waals surface area contributed by atoms with Crippen molar-refractivity contribution in [3.05, 3.63) is 59.2 Å². The molecule has 0 saturated carbocycles. The molecule has 0 amide bonds. The molecule has 1 atom stereocenters. The minimum absolute atomic E-state index is 1.27. The van der Waals surface area contributed by atoms with Gasteiger partial charge in [-0.3, -0.25) is 0 Å². The van der Waals surface area contributed by atoms with E-state index in [0.717, 1.165) is 0 Å². The molecule has 0 nitrogen and oxygen atoms in total. The van der Waals surface area contributed by atoms with Crippen molar-refractivity contribution in [3.8, 4) is 0 Å². The van der Waals surface area contributed by atoms with Crippen LogP contribution in [-0.4, -0.2) is 7.38 Å². The normalized spacial score (nSPS) is 14.3. The van der Waals surface area contributed by atoms with Gasteiger partial charge < -0.3 is 0 Å². The number of aryl methyl sites for hydroxylation is 3. The van der Waals surface area contributed by atoms with E-state index in [1.165, 1.54) is 27.1 Å². The predicted molar refractivity (Wildman–Crippen MR) is 83.8 cm³/mol. The van der Waals surface area contributed by atoms with E-state index in [4.69, 9.17) is 11.1 Å². The second kappa shape index (κ2) is 4.91. The van der Waals surface area contributed by atoms with Crippen molar-refractivity contribution in [1.29, 1.82) is 0 Å². The fourth-order valence-corrected chi connectivity index (χ4v) is 5.27. The van der Waals surface area contributed by atoms with Gasteiger partial charge in [0.1, 0.15) is 0 Å². The molecule has 1 unspecified atom stereocenters. The molecule has 0 bridgehead atoms. The highest BCUT2D eigenvalue weighted by Gasteiger charge is 2.30. The lowest BCUT2D eigenvalue weighted by Gasteiger charge is -2.22. The van der Waals surface area contributed by atoms with Crippen molar-refractivity contribution in [2.75, 3.05) is 0 Å². The Morgan fingerprint density at radius 1 is 0.778 bits per heavy atom. The molecule has 0 aliphatic heterocycles. The summed E-state index contributed by atoms with van der Waals surface area (Å²) in [5.74, 6) is 0. The zero-order chi connectivity index (χ0) is 13.3. The molecule has 0 radical (unpaired) electrons. The van der Waals surface area contributed by atoms with E-state index in [1.807, 2.05) is 0 Å². The highest BCUT2D eigenvalue weighted by atomic mass is 35.6. The first-order valence-electron chi connectivity index (χ1n) is 6.24. The highest BCUT2D eigenvalue weighted by molar-refractivity contribution is 7.33. The number of hydrogen-bond acceptors (Lipinski definition) is 0. The number of halogens is 1. The highest BCUT2D eigenvalue weighted by Crippen LogP contribution is 2.13. The van der Waals surface area contributed by atoms with Gasteiger partial charge in [-0.15, -0.1) is 0 Å². The van der Waals surface area contributed by atoms with Crippen LogP contribution in [0.5, 0.6) is 0 Å². The molecule has 2 aromatic carbocycles. The quantitative estimate of drug-likeness (QED) is 0.580. The van der Waals surface area contributed by atoms with Crippen molar-refractivity contribution in [1.82, 2.24) is 0 Å². The molecule has 2 rings (SSSR count). The third-order valence-electron chi connectivity index (χ3n) is 3.32. The molecule has 0 aliphatic rings. The Morgan fingerprint density at radius 3 is 1.89 bits per heavy atom. The van der Waals surface area contributed by atoms with Gasteiger partial charge in [0.15, 0.2) is 0 Å². The van der Waals surface area contributed by atoms with Crippen molar-refractivity contribution in [2.45, 2.75) is 27.3 Å². The largest absolute Gasteiger partial charge is 0.214 e. The first-order chi connectivity index (χ1) is 8.39. The maximum Gasteiger partial charge on any atom is 0.214 e. The molecular weight excluding hydrogens is 256 g/mol. The fourth-order valence-electron chi connectivity index (χ4n) is 2.35. The summed E-state index contributed by atoms with van der Waals surface area (Å²) < 4.78 is 0. The molecular formula is C16H19ClSi. The van der Waals surface area contributed by atoms with Gasteiger partial charge in [-0.1, -0.05) is 59.2 Å². The Kier molecular flexibility index (Phi) is 3.65. The molecule has 0 fully saturated rings. The first-order valence-corrected chi connectivity index (χ1v) is 9.75. The number of benzene rings is 2. The second-order valence-corrected chi connectivity index (χ2v) is 10.7. The number of hydrogen-bond donors (Lipinski definition) is 0. The lowest BCUT2D eigenvalue weighted by Crippen LogP contribution is -2.51. The van der Waals surface area contributed by atoms with Crippen LogP contribution in [0.1, 0.15) is 16.7 Å². The van der Waals surface area contributed by atoms with E-state index in [0.29, 0.717) is 0 Å². The average Bonchev–Trinajstić information content (AvgIpc) is 2.27. The van der Waals surface area contributed by atoms with Gasteiger partial charge in [-0.25, -0.2) is 0 Å². The summed E-state index contributed by atoms with van der Waals surface area (Å²) in [6.07, 6.45) is 0. The van der Waals surface area contributed by atoms with Gasteiger partial charge in [0.25, 0.3) is 0 Å². The lowest BCUT2D eigenvalue weighted by atomic mass is 10.2. The van der Waals surface area contributed by atoms with Gasteiger partial charge in [0, 0.05) is 0 Å². The second-order valence-electron chi connectivity index (χ2n) is 5.25. The van der Waals surface area contributed by atoms with Crippen LogP contribution < -0.4 is 10.4 Å². The van der Waals surface area contributed by atoms with E-state index in [-0.39, 0.29) is 0 Å². The Balaban J connectivity index is 2.53. The Hall–Kier alpha value is -1.05.